The minimum atomic E-state index is -4.34. The van der Waals surface area contributed by atoms with Crippen LogP contribution in [0.4, 0.5) is 4.39 Å². The summed E-state index contributed by atoms with van der Waals surface area (Å²) in [5.41, 5.74) is 4.88. The topological polar surface area (TPSA) is 118 Å². The van der Waals surface area contributed by atoms with Gasteiger partial charge in [0.2, 0.25) is 15.9 Å². The summed E-state index contributed by atoms with van der Waals surface area (Å²) in [5, 5.41) is 8.67. The Morgan fingerprint density at radius 1 is 1.35 bits per heavy atom. The highest BCUT2D eigenvalue weighted by Gasteiger charge is 2.28. The van der Waals surface area contributed by atoms with Crippen molar-refractivity contribution in [2.45, 2.75) is 4.90 Å². The van der Waals surface area contributed by atoms with Gasteiger partial charge in [-0.3, -0.25) is 9.59 Å². The second-order valence-electron chi connectivity index (χ2n) is 3.71. The van der Waals surface area contributed by atoms with E-state index >= 15 is 0 Å². The van der Waals surface area contributed by atoms with Gasteiger partial charge in [0.15, 0.2) is 0 Å². The highest BCUT2D eigenvalue weighted by atomic mass is 79.9. The second kappa shape index (κ2) is 6.29. The first-order valence-corrected chi connectivity index (χ1v) is 7.33. The van der Waals surface area contributed by atoms with Crippen LogP contribution in [0.5, 0.6) is 0 Å². The number of carbonyl (C=O) groups excluding carboxylic acids is 1. The number of aliphatic carboxylic acids is 1. The molecule has 7 nitrogen and oxygen atoms in total. The molecule has 0 aromatic heterocycles. The number of carboxylic acids is 1. The van der Waals surface area contributed by atoms with Crippen LogP contribution in [0, 0.1) is 5.82 Å². The number of primary amides is 1. The quantitative estimate of drug-likeness (QED) is 0.740. The fraction of sp³-hybridized carbons (Fsp3) is 0.200. The number of carboxylic acid groups (broad SMARTS) is 1. The summed E-state index contributed by atoms with van der Waals surface area (Å²) in [5.74, 6) is -3.32. The molecule has 0 saturated heterocycles. The van der Waals surface area contributed by atoms with Crippen molar-refractivity contribution in [2.75, 3.05) is 13.1 Å². The smallest absolute Gasteiger partial charge is 0.318 e. The molecule has 1 rings (SSSR count). The molecular weight excluding hydrogens is 359 g/mol. The molecule has 0 bridgehead atoms. The Bertz CT molecular complexity index is 633. The number of nitrogens with zero attached hydrogens (tertiary/aromatic N) is 1. The van der Waals surface area contributed by atoms with E-state index in [0.717, 1.165) is 18.2 Å². The predicted octanol–water partition coefficient (Wildman–Crippen LogP) is 0.149. The van der Waals surface area contributed by atoms with Gasteiger partial charge in [-0.2, -0.15) is 4.31 Å². The van der Waals surface area contributed by atoms with Crippen molar-refractivity contribution in [3.05, 3.63) is 28.5 Å². The number of amides is 1. The van der Waals surface area contributed by atoms with Gasteiger partial charge >= 0.3 is 5.97 Å². The van der Waals surface area contributed by atoms with E-state index in [0.29, 0.717) is 4.31 Å². The van der Waals surface area contributed by atoms with E-state index in [4.69, 9.17) is 10.8 Å². The van der Waals surface area contributed by atoms with E-state index in [1.165, 1.54) is 0 Å². The summed E-state index contributed by atoms with van der Waals surface area (Å²) in [6.07, 6.45) is 0. The average molecular weight is 369 g/mol. The summed E-state index contributed by atoms with van der Waals surface area (Å²) in [4.78, 5) is 21.0. The second-order valence-corrected chi connectivity index (χ2v) is 6.50. The Morgan fingerprint density at radius 3 is 2.40 bits per heavy atom. The monoisotopic (exact) mass is 368 g/mol. The number of hydrogen-bond acceptors (Lipinski definition) is 4. The lowest BCUT2D eigenvalue weighted by Gasteiger charge is -2.18. The van der Waals surface area contributed by atoms with Crippen LogP contribution in [0.2, 0.25) is 0 Å². The van der Waals surface area contributed by atoms with Crippen molar-refractivity contribution in [2.24, 2.45) is 5.73 Å². The van der Waals surface area contributed by atoms with Crippen LogP contribution in [-0.2, 0) is 19.6 Å². The maximum atomic E-state index is 13.4. The zero-order valence-electron chi connectivity index (χ0n) is 9.92. The molecule has 0 unspecified atom stereocenters. The first-order valence-electron chi connectivity index (χ1n) is 5.10. The Hall–Kier alpha value is -1.52. The van der Waals surface area contributed by atoms with Crippen LogP contribution < -0.4 is 5.73 Å². The van der Waals surface area contributed by atoms with E-state index < -0.39 is 45.7 Å². The fourth-order valence-electron chi connectivity index (χ4n) is 1.34. The third kappa shape index (κ3) is 3.99. The van der Waals surface area contributed by atoms with Crippen molar-refractivity contribution in [1.29, 1.82) is 0 Å². The Kier molecular flexibility index (Phi) is 5.20. The molecule has 1 amide bonds. The van der Waals surface area contributed by atoms with Gasteiger partial charge in [0, 0.05) is 0 Å². The molecule has 0 saturated carbocycles. The Balaban J connectivity index is 3.24. The van der Waals surface area contributed by atoms with E-state index in [1.807, 2.05) is 0 Å². The molecule has 1 aromatic rings. The third-order valence-corrected chi connectivity index (χ3v) is 4.60. The number of halogens is 2. The summed E-state index contributed by atoms with van der Waals surface area (Å²) in [6.45, 7) is -1.77. The van der Waals surface area contributed by atoms with Gasteiger partial charge in [-0.15, -0.1) is 0 Å². The summed E-state index contributed by atoms with van der Waals surface area (Å²) in [7, 11) is -4.34. The maximum Gasteiger partial charge on any atom is 0.318 e. The maximum absolute atomic E-state index is 13.4. The zero-order valence-corrected chi connectivity index (χ0v) is 12.3. The molecule has 1 aromatic carbocycles. The molecule has 0 fully saturated rings. The van der Waals surface area contributed by atoms with Crippen LogP contribution in [0.25, 0.3) is 0 Å². The Morgan fingerprint density at radius 2 is 1.95 bits per heavy atom. The fourth-order valence-corrected chi connectivity index (χ4v) is 2.95. The molecule has 20 heavy (non-hydrogen) atoms. The minimum absolute atomic E-state index is 0.0520. The average Bonchev–Trinajstić information content (AvgIpc) is 2.30. The molecular formula is C10H10BrFN2O5S. The van der Waals surface area contributed by atoms with Gasteiger partial charge < -0.3 is 10.8 Å². The number of benzene rings is 1. The first-order chi connectivity index (χ1) is 9.14. The summed E-state index contributed by atoms with van der Waals surface area (Å²) >= 11 is 2.86. The molecule has 0 aliphatic carbocycles. The van der Waals surface area contributed by atoms with Crippen LogP contribution in [0.1, 0.15) is 0 Å². The highest BCUT2D eigenvalue weighted by Crippen LogP contribution is 2.21. The molecule has 110 valence electrons. The third-order valence-electron chi connectivity index (χ3n) is 2.17. The van der Waals surface area contributed by atoms with E-state index in [-0.39, 0.29) is 4.47 Å². The van der Waals surface area contributed by atoms with Crippen molar-refractivity contribution in [3.63, 3.8) is 0 Å². The van der Waals surface area contributed by atoms with Gasteiger partial charge in [0.05, 0.1) is 15.9 Å². The molecule has 3 N–H and O–H groups in total. The van der Waals surface area contributed by atoms with E-state index in [9.17, 15) is 22.4 Å². The van der Waals surface area contributed by atoms with Gasteiger partial charge in [-0.1, -0.05) is 0 Å². The molecule has 0 heterocycles. The Labute approximate surface area is 122 Å². The van der Waals surface area contributed by atoms with Gasteiger partial charge in [-0.25, -0.2) is 12.8 Å². The van der Waals surface area contributed by atoms with Gasteiger partial charge in [0.1, 0.15) is 12.4 Å². The lowest BCUT2D eigenvalue weighted by atomic mass is 10.3. The molecule has 0 radical (unpaired) electrons. The van der Waals surface area contributed by atoms with Crippen molar-refractivity contribution in [1.82, 2.24) is 4.31 Å². The largest absolute Gasteiger partial charge is 0.480 e. The van der Waals surface area contributed by atoms with Crippen molar-refractivity contribution < 1.29 is 27.5 Å². The molecule has 10 heteroatoms. The number of nitrogens with two attached hydrogens (primary N) is 1. The number of carbonyl (C=O) groups is 2. The standard InChI is InChI=1S/C10H10BrFN2O5S/c11-7-2-1-6(3-8(7)12)20(18,19)14(4-9(13)15)5-10(16)17/h1-3H,4-5H2,(H2,13,15)(H,16,17). The van der Waals surface area contributed by atoms with Crippen LogP contribution in [-0.4, -0.2) is 42.8 Å². The van der Waals surface area contributed by atoms with Crippen molar-refractivity contribution in [3.8, 4) is 0 Å². The lowest BCUT2D eigenvalue weighted by molar-refractivity contribution is -0.137. The minimum Gasteiger partial charge on any atom is -0.480 e. The molecule has 0 aliphatic rings. The van der Waals surface area contributed by atoms with E-state index in [2.05, 4.69) is 15.9 Å². The first kappa shape index (κ1) is 16.5. The predicted molar refractivity (Wildman–Crippen MR) is 69.7 cm³/mol. The SMILES string of the molecule is NC(=O)CN(CC(=O)O)S(=O)(=O)c1ccc(Br)c(F)c1. The van der Waals surface area contributed by atoms with Crippen LogP contribution in [0.15, 0.2) is 27.6 Å². The van der Waals surface area contributed by atoms with E-state index in [1.54, 1.807) is 0 Å². The number of rotatable bonds is 6. The lowest BCUT2D eigenvalue weighted by Crippen LogP contribution is -2.41. The summed E-state index contributed by atoms with van der Waals surface area (Å²) < 4.78 is 38.1. The van der Waals surface area contributed by atoms with Crippen molar-refractivity contribution >= 4 is 37.8 Å². The molecule has 0 atom stereocenters. The normalized spacial score (nSPS) is 11.6. The van der Waals surface area contributed by atoms with Gasteiger partial charge in [-0.05, 0) is 34.1 Å². The number of hydrogen-bond donors (Lipinski definition) is 2. The molecule has 0 aliphatic heterocycles. The number of sulfonamides is 1. The highest BCUT2D eigenvalue weighted by molar-refractivity contribution is 9.10. The van der Waals surface area contributed by atoms with Crippen LogP contribution >= 0.6 is 15.9 Å². The van der Waals surface area contributed by atoms with Gasteiger partial charge in [0.25, 0.3) is 0 Å². The zero-order chi connectivity index (χ0) is 15.5. The molecule has 0 spiro atoms. The van der Waals surface area contributed by atoms with Crippen LogP contribution in [0.3, 0.4) is 0 Å². The summed E-state index contributed by atoms with van der Waals surface area (Å²) in [6, 6.07) is 2.96.